The topological polar surface area (TPSA) is 109 Å². The number of rotatable bonds is 6. The first-order valence-corrected chi connectivity index (χ1v) is 9.03. The molecular weight excluding hydrogens is 386 g/mol. The summed E-state index contributed by atoms with van der Waals surface area (Å²) in [6, 6.07) is 13.6. The lowest BCUT2D eigenvalue weighted by Crippen LogP contribution is -2.25. The van der Waals surface area contributed by atoms with E-state index in [-0.39, 0.29) is 23.7 Å². The van der Waals surface area contributed by atoms with Gasteiger partial charge in [0.15, 0.2) is 19.0 Å². The third-order valence-electron chi connectivity index (χ3n) is 4.33. The number of amides is 1. The molecule has 0 aromatic heterocycles. The standard InChI is InChI=1S/C22H19N3O5/c1-25(2)17-6-3-14(4-7-17)9-16(11-23)22(28)30-12-19(26)15-5-8-20-18(10-15)24-21(27)13-29-20/h3-10H,12-13H2,1-2H3,(H,24,27). The van der Waals surface area contributed by atoms with Gasteiger partial charge in [0.25, 0.3) is 5.91 Å². The number of ketones is 1. The lowest BCUT2D eigenvalue weighted by atomic mass is 10.1. The second-order valence-corrected chi connectivity index (χ2v) is 6.70. The van der Waals surface area contributed by atoms with Crippen molar-refractivity contribution in [1.82, 2.24) is 0 Å². The van der Waals surface area contributed by atoms with Crippen LogP contribution >= 0.6 is 0 Å². The number of anilines is 2. The van der Waals surface area contributed by atoms with Gasteiger partial charge in [-0.1, -0.05) is 12.1 Å². The Balaban J connectivity index is 1.65. The number of fused-ring (bicyclic) bond motifs is 1. The van der Waals surface area contributed by atoms with Gasteiger partial charge in [0, 0.05) is 25.3 Å². The Labute approximate surface area is 173 Å². The first kappa shape index (κ1) is 20.6. The maximum absolute atomic E-state index is 12.3. The largest absolute Gasteiger partial charge is 0.482 e. The molecule has 0 saturated carbocycles. The number of benzene rings is 2. The van der Waals surface area contributed by atoms with E-state index in [0.29, 0.717) is 17.0 Å². The summed E-state index contributed by atoms with van der Waals surface area (Å²) >= 11 is 0. The molecule has 2 aromatic rings. The molecular formula is C22H19N3O5. The van der Waals surface area contributed by atoms with Gasteiger partial charge in [-0.05, 0) is 42.0 Å². The Morgan fingerprint density at radius 3 is 2.63 bits per heavy atom. The second kappa shape index (κ2) is 8.92. The Kier molecular flexibility index (Phi) is 6.13. The molecule has 2 aromatic carbocycles. The summed E-state index contributed by atoms with van der Waals surface area (Å²) in [5.41, 5.74) is 2.04. The Hall–Kier alpha value is -4.12. The quantitative estimate of drug-likeness (QED) is 0.340. The number of carbonyl (C=O) groups is 3. The zero-order chi connectivity index (χ0) is 21.7. The van der Waals surface area contributed by atoms with Crippen LogP contribution in [0.25, 0.3) is 6.08 Å². The Bertz CT molecular complexity index is 1070. The summed E-state index contributed by atoms with van der Waals surface area (Å²) in [5.74, 6) is -1.23. The zero-order valence-electron chi connectivity index (χ0n) is 16.5. The van der Waals surface area contributed by atoms with Crippen molar-refractivity contribution in [3.63, 3.8) is 0 Å². The number of nitrogens with zero attached hydrogens (tertiary/aromatic N) is 2. The number of hydrogen-bond acceptors (Lipinski definition) is 7. The first-order chi connectivity index (χ1) is 14.4. The molecule has 3 rings (SSSR count). The van der Waals surface area contributed by atoms with Crippen molar-refractivity contribution < 1.29 is 23.9 Å². The Morgan fingerprint density at radius 1 is 1.23 bits per heavy atom. The highest BCUT2D eigenvalue weighted by molar-refractivity contribution is 6.03. The minimum Gasteiger partial charge on any atom is -0.482 e. The van der Waals surface area contributed by atoms with Crippen molar-refractivity contribution in [2.75, 3.05) is 37.5 Å². The predicted molar refractivity (Wildman–Crippen MR) is 110 cm³/mol. The molecule has 0 bridgehead atoms. The lowest BCUT2D eigenvalue weighted by Gasteiger charge is -2.18. The maximum Gasteiger partial charge on any atom is 0.349 e. The van der Waals surface area contributed by atoms with Gasteiger partial charge in [-0.25, -0.2) is 4.79 Å². The van der Waals surface area contributed by atoms with E-state index in [1.54, 1.807) is 24.3 Å². The van der Waals surface area contributed by atoms with Gasteiger partial charge < -0.3 is 19.7 Å². The number of esters is 1. The van der Waals surface area contributed by atoms with Gasteiger partial charge in [-0.15, -0.1) is 0 Å². The normalized spacial score (nSPS) is 12.7. The van der Waals surface area contributed by atoms with Crippen LogP contribution < -0.4 is 15.0 Å². The zero-order valence-corrected chi connectivity index (χ0v) is 16.5. The summed E-state index contributed by atoms with van der Waals surface area (Å²) in [6.45, 7) is -0.621. The summed E-state index contributed by atoms with van der Waals surface area (Å²) in [6.07, 6.45) is 1.40. The predicted octanol–water partition coefficient (Wildman–Crippen LogP) is 2.42. The van der Waals surface area contributed by atoms with Crippen LogP contribution in [-0.2, 0) is 14.3 Å². The molecule has 0 saturated heterocycles. The van der Waals surface area contributed by atoms with Crippen LogP contribution in [-0.4, -0.2) is 45.0 Å². The molecule has 152 valence electrons. The van der Waals surface area contributed by atoms with Crippen LogP contribution in [0.4, 0.5) is 11.4 Å². The van der Waals surface area contributed by atoms with Crippen LogP contribution in [0.5, 0.6) is 5.75 Å². The van der Waals surface area contributed by atoms with Crippen LogP contribution in [0.3, 0.4) is 0 Å². The van der Waals surface area contributed by atoms with E-state index in [1.165, 1.54) is 18.2 Å². The summed E-state index contributed by atoms with van der Waals surface area (Å²) in [5, 5.41) is 11.9. The van der Waals surface area contributed by atoms with Crippen molar-refractivity contribution >= 4 is 35.1 Å². The average molecular weight is 405 g/mol. The van der Waals surface area contributed by atoms with Crippen molar-refractivity contribution in [2.45, 2.75) is 0 Å². The number of Topliss-reactive ketones (excluding diaryl/α,β-unsaturated/α-hetero) is 1. The third-order valence-corrected chi connectivity index (χ3v) is 4.33. The fourth-order valence-corrected chi connectivity index (χ4v) is 2.72. The molecule has 0 atom stereocenters. The number of hydrogen-bond donors (Lipinski definition) is 1. The van der Waals surface area contributed by atoms with Gasteiger partial charge in [0.2, 0.25) is 0 Å². The molecule has 1 amide bonds. The smallest absolute Gasteiger partial charge is 0.349 e. The Morgan fingerprint density at radius 2 is 1.97 bits per heavy atom. The van der Waals surface area contributed by atoms with E-state index in [0.717, 1.165) is 5.69 Å². The SMILES string of the molecule is CN(C)c1ccc(C=C(C#N)C(=O)OCC(=O)c2ccc3c(c2)NC(=O)CO3)cc1. The van der Waals surface area contributed by atoms with Crippen molar-refractivity contribution in [1.29, 1.82) is 5.26 Å². The number of ether oxygens (including phenoxy) is 2. The third kappa shape index (κ3) is 4.83. The number of nitriles is 1. The first-order valence-electron chi connectivity index (χ1n) is 9.03. The van der Waals surface area contributed by atoms with Gasteiger partial charge in [0.1, 0.15) is 17.4 Å². The van der Waals surface area contributed by atoms with Crippen LogP contribution in [0.15, 0.2) is 48.0 Å². The molecule has 0 fully saturated rings. The molecule has 8 heteroatoms. The van der Waals surface area contributed by atoms with E-state index in [9.17, 15) is 19.6 Å². The van der Waals surface area contributed by atoms with Crippen molar-refractivity contribution in [3.8, 4) is 11.8 Å². The summed E-state index contributed by atoms with van der Waals surface area (Å²) < 4.78 is 10.2. The van der Waals surface area contributed by atoms with E-state index >= 15 is 0 Å². The molecule has 0 spiro atoms. The molecule has 1 N–H and O–H groups in total. The van der Waals surface area contributed by atoms with E-state index in [4.69, 9.17) is 9.47 Å². The highest BCUT2D eigenvalue weighted by atomic mass is 16.5. The molecule has 0 aliphatic carbocycles. The van der Waals surface area contributed by atoms with E-state index in [2.05, 4.69) is 5.32 Å². The minimum atomic E-state index is -0.892. The van der Waals surface area contributed by atoms with Gasteiger partial charge in [0.05, 0.1) is 5.69 Å². The van der Waals surface area contributed by atoms with Crippen LogP contribution in [0.1, 0.15) is 15.9 Å². The number of nitrogens with one attached hydrogen (secondary N) is 1. The van der Waals surface area contributed by atoms with Crippen molar-refractivity contribution in [2.24, 2.45) is 0 Å². The van der Waals surface area contributed by atoms with Gasteiger partial charge >= 0.3 is 5.97 Å². The van der Waals surface area contributed by atoms with Gasteiger partial charge in [-0.3, -0.25) is 9.59 Å². The number of carbonyl (C=O) groups excluding carboxylic acids is 3. The molecule has 0 radical (unpaired) electrons. The van der Waals surface area contributed by atoms with Crippen LogP contribution in [0.2, 0.25) is 0 Å². The molecule has 1 heterocycles. The minimum absolute atomic E-state index is 0.0843. The highest BCUT2D eigenvalue weighted by Gasteiger charge is 2.19. The molecule has 8 nitrogen and oxygen atoms in total. The molecule has 0 unspecified atom stereocenters. The molecule has 30 heavy (non-hydrogen) atoms. The molecule has 1 aliphatic rings. The lowest BCUT2D eigenvalue weighted by molar-refractivity contribution is -0.137. The monoisotopic (exact) mass is 405 g/mol. The van der Waals surface area contributed by atoms with Gasteiger partial charge in [-0.2, -0.15) is 5.26 Å². The fraction of sp³-hybridized carbons (Fsp3) is 0.182. The van der Waals surface area contributed by atoms with E-state index in [1.807, 2.05) is 31.1 Å². The summed E-state index contributed by atoms with van der Waals surface area (Å²) in [7, 11) is 3.81. The fourth-order valence-electron chi connectivity index (χ4n) is 2.72. The average Bonchev–Trinajstić information content (AvgIpc) is 2.75. The second-order valence-electron chi connectivity index (χ2n) is 6.70. The van der Waals surface area contributed by atoms with Crippen molar-refractivity contribution in [3.05, 3.63) is 59.2 Å². The highest BCUT2D eigenvalue weighted by Crippen LogP contribution is 2.28. The molecule has 1 aliphatic heterocycles. The van der Waals surface area contributed by atoms with E-state index < -0.39 is 18.4 Å². The maximum atomic E-state index is 12.3. The summed E-state index contributed by atoms with van der Waals surface area (Å²) in [4.78, 5) is 37.9. The van der Waals surface area contributed by atoms with Crippen LogP contribution in [0, 0.1) is 11.3 Å².